The number of hydrogen-bond acceptors (Lipinski definition) is 3. The van der Waals surface area contributed by atoms with Crippen LogP contribution in [0.5, 0.6) is 0 Å². The number of halogens is 1. The number of carbonyl (C=O) groups excluding carboxylic acids is 3. The molecule has 3 amide bonds. The van der Waals surface area contributed by atoms with Gasteiger partial charge in [0.05, 0.1) is 6.42 Å². The van der Waals surface area contributed by atoms with E-state index in [4.69, 9.17) is 0 Å². The molecule has 0 spiro atoms. The Bertz CT molecular complexity index is 774. The minimum atomic E-state index is -0.762. The molecular weight excluding hydrogens is 400 g/mol. The summed E-state index contributed by atoms with van der Waals surface area (Å²) in [5.41, 5.74) is 5.84. The highest BCUT2D eigenvalue weighted by atomic mass is 79.9. The normalized spacial score (nSPS) is 11.7. The van der Waals surface area contributed by atoms with Crippen molar-refractivity contribution in [2.24, 2.45) is 5.92 Å². The zero-order chi connectivity index (χ0) is 19.1. The average Bonchev–Trinajstić information content (AvgIpc) is 3.04. The van der Waals surface area contributed by atoms with E-state index < -0.39 is 17.9 Å². The number of aromatic nitrogens is 1. The third kappa shape index (κ3) is 5.73. The lowest BCUT2D eigenvalue weighted by Gasteiger charge is -2.21. The van der Waals surface area contributed by atoms with Crippen molar-refractivity contribution in [3.05, 3.63) is 58.3 Å². The van der Waals surface area contributed by atoms with Gasteiger partial charge in [0, 0.05) is 10.7 Å². The van der Waals surface area contributed by atoms with Gasteiger partial charge < -0.3 is 10.3 Å². The number of carbonyl (C=O) groups is 3. The Morgan fingerprint density at radius 2 is 1.81 bits per heavy atom. The van der Waals surface area contributed by atoms with E-state index in [1.807, 2.05) is 44.2 Å². The van der Waals surface area contributed by atoms with Gasteiger partial charge in [-0.2, -0.15) is 0 Å². The van der Waals surface area contributed by atoms with Gasteiger partial charge in [-0.05, 0) is 33.5 Å². The number of benzene rings is 1. The van der Waals surface area contributed by atoms with Gasteiger partial charge in [0.15, 0.2) is 0 Å². The van der Waals surface area contributed by atoms with Crippen molar-refractivity contribution in [3.8, 4) is 0 Å². The van der Waals surface area contributed by atoms with Crippen molar-refractivity contribution in [2.75, 3.05) is 0 Å². The van der Waals surface area contributed by atoms with E-state index in [0.717, 1.165) is 10.0 Å². The number of hydrazine groups is 1. The molecule has 0 bridgehead atoms. The van der Waals surface area contributed by atoms with Crippen LogP contribution in [0.1, 0.15) is 29.9 Å². The first-order valence-corrected chi connectivity index (χ1v) is 8.93. The summed E-state index contributed by atoms with van der Waals surface area (Å²) in [6.07, 6.45) is 1.79. The maximum absolute atomic E-state index is 12.4. The van der Waals surface area contributed by atoms with Gasteiger partial charge in [0.2, 0.25) is 5.91 Å². The molecule has 0 saturated heterocycles. The van der Waals surface area contributed by atoms with Crippen LogP contribution in [0.2, 0.25) is 0 Å². The first-order chi connectivity index (χ1) is 12.4. The van der Waals surface area contributed by atoms with Crippen LogP contribution in [-0.4, -0.2) is 28.7 Å². The Balaban J connectivity index is 1.90. The molecule has 0 aliphatic heterocycles. The number of aromatic amines is 1. The second-order valence-corrected chi connectivity index (χ2v) is 7.04. The summed E-state index contributed by atoms with van der Waals surface area (Å²) in [6.45, 7) is 3.63. The zero-order valence-corrected chi connectivity index (χ0v) is 16.1. The minimum absolute atomic E-state index is 0.147. The van der Waals surface area contributed by atoms with Gasteiger partial charge in [-0.3, -0.25) is 25.2 Å². The van der Waals surface area contributed by atoms with Gasteiger partial charge in [0.25, 0.3) is 11.8 Å². The van der Waals surface area contributed by atoms with E-state index in [9.17, 15) is 14.4 Å². The van der Waals surface area contributed by atoms with Gasteiger partial charge in [-0.25, -0.2) is 0 Å². The van der Waals surface area contributed by atoms with Crippen LogP contribution in [0.4, 0.5) is 0 Å². The molecule has 0 aliphatic carbocycles. The molecule has 0 aliphatic rings. The summed E-state index contributed by atoms with van der Waals surface area (Å²) in [6, 6.07) is 10.1. The van der Waals surface area contributed by atoms with E-state index in [1.54, 1.807) is 12.3 Å². The molecule has 26 heavy (non-hydrogen) atoms. The number of amides is 3. The van der Waals surface area contributed by atoms with E-state index in [1.165, 1.54) is 0 Å². The van der Waals surface area contributed by atoms with Crippen molar-refractivity contribution in [2.45, 2.75) is 26.3 Å². The topological polar surface area (TPSA) is 103 Å². The standard InChI is InChI=1S/C18H21BrN4O3/c1-11(2)16(21-15(24)8-12-6-4-3-5-7-12)18(26)23-22-17(25)14-9-13(19)10-20-14/h3-7,9-11,16,20H,8H2,1-2H3,(H,21,24)(H,22,25)(H,23,26)/t16-/m0/s1. The number of nitrogens with one attached hydrogen (secondary N) is 4. The van der Waals surface area contributed by atoms with E-state index in [2.05, 4.69) is 37.1 Å². The molecular formula is C18H21BrN4O3. The summed E-state index contributed by atoms with van der Waals surface area (Å²) in [7, 11) is 0. The first kappa shape index (κ1) is 19.7. The van der Waals surface area contributed by atoms with Crippen molar-refractivity contribution < 1.29 is 14.4 Å². The molecule has 8 heteroatoms. The molecule has 0 radical (unpaired) electrons. The number of hydrogen-bond donors (Lipinski definition) is 4. The Hall–Kier alpha value is -2.61. The highest BCUT2D eigenvalue weighted by Crippen LogP contribution is 2.10. The summed E-state index contributed by atoms with van der Waals surface area (Å²) >= 11 is 3.23. The number of H-pyrrole nitrogens is 1. The molecule has 0 fully saturated rings. The zero-order valence-electron chi connectivity index (χ0n) is 14.5. The van der Waals surface area contributed by atoms with E-state index in [0.29, 0.717) is 5.69 Å². The Morgan fingerprint density at radius 3 is 2.38 bits per heavy atom. The average molecular weight is 421 g/mol. The van der Waals surface area contributed by atoms with Gasteiger partial charge in [-0.1, -0.05) is 44.2 Å². The molecule has 7 nitrogen and oxygen atoms in total. The molecule has 138 valence electrons. The summed E-state index contributed by atoms with van der Waals surface area (Å²) in [5, 5.41) is 2.71. The van der Waals surface area contributed by atoms with Crippen LogP contribution in [0.25, 0.3) is 0 Å². The predicted molar refractivity (Wildman–Crippen MR) is 101 cm³/mol. The molecule has 0 saturated carbocycles. The first-order valence-electron chi connectivity index (χ1n) is 8.14. The smallest absolute Gasteiger partial charge is 0.286 e. The molecule has 1 atom stereocenters. The van der Waals surface area contributed by atoms with Crippen molar-refractivity contribution in [1.29, 1.82) is 0 Å². The molecule has 2 rings (SSSR count). The van der Waals surface area contributed by atoms with Crippen LogP contribution < -0.4 is 16.2 Å². The lowest BCUT2D eigenvalue weighted by atomic mass is 10.0. The number of rotatable bonds is 6. The van der Waals surface area contributed by atoms with Gasteiger partial charge >= 0.3 is 0 Å². The van der Waals surface area contributed by atoms with Gasteiger partial charge in [-0.15, -0.1) is 0 Å². The minimum Gasteiger partial charge on any atom is -0.356 e. The molecule has 2 aromatic rings. The van der Waals surface area contributed by atoms with Crippen LogP contribution >= 0.6 is 15.9 Å². The summed E-state index contributed by atoms with van der Waals surface area (Å²) < 4.78 is 0.724. The van der Waals surface area contributed by atoms with Gasteiger partial charge in [0.1, 0.15) is 11.7 Å². The lowest BCUT2D eigenvalue weighted by Crippen LogP contribution is -2.54. The Labute approximate surface area is 160 Å². The molecule has 1 aromatic carbocycles. The third-order valence-electron chi connectivity index (χ3n) is 3.66. The van der Waals surface area contributed by atoms with Crippen molar-refractivity contribution >= 4 is 33.7 Å². The maximum atomic E-state index is 12.4. The fourth-order valence-electron chi connectivity index (χ4n) is 2.30. The Morgan fingerprint density at radius 1 is 1.12 bits per heavy atom. The monoisotopic (exact) mass is 420 g/mol. The van der Waals surface area contributed by atoms with Crippen LogP contribution in [-0.2, 0) is 16.0 Å². The quantitative estimate of drug-likeness (QED) is 0.536. The summed E-state index contributed by atoms with van der Waals surface area (Å²) in [4.78, 5) is 39.3. The fourth-order valence-corrected chi connectivity index (χ4v) is 2.65. The maximum Gasteiger partial charge on any atom is 0.286 e. The predicted octanol–water partition coefficient (Wildman–Crippen LogP) is 1.92. The lowest BCUT2D eigenvalue weighted by molar-refractivity contribution is -0.130. The third-order valence-corrected chi connectivity index (χ3v) is 4.12. The highest BCUT2D eigenvalue weighted by Gasteiger charge is 2.24. The van der Waals surface area contributed by atoms with Crippen molar-refractivity contribution in [1.82, 2.24) is 21.2 Å². The second-order valence-electron chi connectivity index (χ2n) is 6.13. The molecule has 0 unspecified atom stereocenters. The van der Waals surface area contributed by atoms with Crippen LogP contribution in [0.3, 0.4) is 0 Å². The van der Waals surface area contributed by atoms with E-state index in [-0.39, 0.29) is 18.2 Å². The molecule has 1 heterocycles. The van der Waals surface area contributed by atoms with Crippen LogP contribution in [0.15, 0.2) is 47.1 Å². The fraction of sp³-hybridized carbons (Fsp3) is 0.278. The Kier molecular flexibility index (Phi) is 6.97. The second kappa shape index (κ2) is 9.19. The highest BCUT2D eigenvalue weighted by molar-refractivity contribution is 9.10. The van der Waals surface area contributed by atoms with E-state index >= 15 is 0 Å². The molecule has 1 aromatic heterocycles. The SMILES string of the molecule is CC(C)[C@H](NC(=O)Cc1ccccc1)C(=O)NNC(=O)c1cc(Br)c[nH]1. The van der Waals surface area contributed by atoms with Crippen LogP contribution in [0, 0.1) is 5.92 Å². The largest absolute Gasteiger partial charge is 0.356 e. The summed E-state index contributed by atoms with van der Waals surface area (Å²) in [5.74, 6) is -1.38. The molecule has 4 N–H and O–H groups in total. The van der Waals surface area contributed by atoms with Crippen molar-refractivity contribution in [3.63, 3.8) is 0 Å².